The molecule has 0 spiro atoms. The standard InChI is InChI=1S/C24H23N3O5/c1-15-3-8-19-17(14-31-20(19)11-15)12-22(28)27-9-10-30-21(13-27)24-25-23(26-32-24)16-4-6-18(29-2)7-5-16/h3-8,11,14,21H,9-10,12-13H2,1-2H3/t21-/m0/s1. The van der Waals surface area contributed by atoms with Crippen molar-refractivity contribution in [1.82, 2.24) is 15.0 Å². The second kappa shape index (κ2) is 8.47. The number of aryl methyl sites for hydroxylation is 1. The molecule has 4 aromatic rings. The summed E-state index contributed by atoms with van der Waals surface area (Å²) in [7, 11) is 1.62. The predicted octanol–water partition coefficient (Wildman–Crippen LogP) is 3.94. The fourth-order valence-electron chi connectivity index (χ4n) is 3.85. The van der Waals surface area contributed by atoms with Gasteiger partial charge in [0.25, 0.3) is 5.89 Å². The second-order valence-corrected chi connectivity index (χ2v) is 7.82. The molecule has 2 aromatic heterocycles. The third-order valence-electron chi connectivity index (χ3n) is 5.64. The average Bonchev–Trinajstić information content (AvgIpc) is 3.47. The summed E-state index contributed by atoms with van der Waals surface area (Å²) in [6.45, 7) is 3.29. The number of hydrogen-bond donors (Lipinski definition) is 0. The van der Waals surface area contributed by atoms with Crippen LogP contribution in [0.4, 0.5) is 0 Å². The molecule has 1 saturated heterocycles. The monoisotopic (exact) mass is 433 g/mol. The second-order valence-electron chi connectivity index (χ2n) is 7.82. The van der Waals surface area contributed by atoms with Crippen molar-refractivity contribution in [2.24, 2.45) is 0 Å². The number of hydrogen-bond acceptors (Lipinski definition) is 7. The summed E-state index contributed by atoms with van der Waals surface area (Å²) in [6.07, 6.45) is 1.47. The molecule has 1 aliphatic heterocycles. The van der Waals surface area contributed by atoms with Crippen LogP contribution >= 0.6 is 0 Å². The Morgan fingerprint density at radius 2 is 2.06 bits per heavy atom. The van der Waals surface area contributed by atoms with E-state index in [1.165, 1.54) is 0 Å². The summed E-state index contributed by atoms with van der Waals surface area (Å²) in [5, 5.41) is 5.03. The summed E-state index contributed by atoms with van der Waals surface area (Å²) >= 11 is 0. The summed E-state index contributed by atoms with van der Waals surface area (Å²) in [5.41, 5.74) is 3.61. The van der Waals surface area contributed by atoms with Gasteiger partial charge in [0, 0.05) is 23.1 Å². The van der Waals surface area contributed by atoms with Gasteiger partial charge in [-0.2, -0.15) is 4.98 Å². The smallest absolute Gasteiger partial charge is 0.257 e. The number of amides is 1. The van der Waals surface area contributed by atoms with Gasteiger partial charge < -0.3 is 23.3 Å². The van der Waals surface area contributed by atoms with Gasteiger partial charge in [0.1, 0.15) is 11.3 Å². The lowest BCUT2D eigenvalue weighted by Crippen LogP contribution is -2.43. The molecule has 0 saturated carbocycles. The van der Waals surface area contributed by atoms with Gasteiger partial charge in [0.15, 0.2) is 6.10 Å². The third kappa shape index (κ3) is 3.97. The molecule has 0 radical (unpaired) electrons. The van der Waals surface area contributed by atoms with Crippen LogP contribution in [0.2, 0.25) is 0 Å². The normalized spacial score (nSPS) is 16.4. The number of carbonyl (C=O) groups is 1. The molecule has 8 nitrogen and oxygen atoms in total. The van der Waals surface area contributed by atoms with E-state index in [-0.39, 0.29) is 12.3 Å². The van der Waals surface area contributed by atoms with Gasteiger partial charge in [-0.3, -0.25) is 4.79 Å². The number of morpholine rings is 1. The van der Waals surface area contributed by atoms with E-state index >= 15 is 0 Å². The van der Waals surface area contributed by atoms with Crippen LogP contribution in [0.15, 0.2) is 57.7 Å². The van der Waals surface area contributed by atoms with E-state index in [1.807, 2.05) is 49.4 Å². The van der Waals surface area contributed by atoms with Crippen molar-refractivity contribution in [3.05, 3.63) is 65.7 Å². The highest BCUT2D eigenvalue weighted by molar-refractivity contribution is 5.88. The van der Waals surface area contributed by atoms with Crippen LogP contribution < -0.4 is 4.74 Å². The van der Waals surface area contributed by atoms with E-state index in [9.17, 15) is 4.79 Å². The van der Waals surface area contributed by atoms with Gasteiger partial charge in [0.05, 0.1) is 32.9 Å². The van der Waals surface area contributed by atoms with Gasteiger partial charge in [0.2, 0.25) is 11.7 Å². The zero-order chi connectivity index (χ0) is 22.1. The largest absolute Gasteiger partial charge is 0.497 e. The van der Waals surface area contributed by atoms with Crippen LogP contribution in [0.3, 0.4) is 0 Å². The van der Waals surface area contributed by atoms with Crippen molar-refractivity contribution in [3.8, 4) is 17.1 Å². The van der Waals surface area contributed by atoms with E-state index in [4.69, 9.17) is 18.4 Å². The van der Waals surface area contributed by atoms with Crippen LogP contribution in [0.1, 0.15) is 23.1 Å². The Morgan fingerprint density at radius 3 is 2.88 bits per heavy atom. The van der Waals surface area contributed by atoms with Gasteiger partial charge in [-0.05, 0) is 42.8 Å². The SMILES string of the molecule is COc1ccc(-c2noc([C@@H]3CN(C(=O)Cc4coc5cc(C)ccc45)CCO3)n2)cc1. The molecule has 5 rings (SSSR count). The van der Waals surface area contributed by atoms with Gasteiger partial charge >= 0.3 is 0 Å². The topological polar surface area (TPSA) is 90.8 Å². The first-order valence-electron chi connectivity index (χ1n) is 10.4. The molecule has 0 N–H and O–H groups in total. The lowest BCUT2D eigenvalue weighted by Gasteiger charge is -2.31. The fraction of sp³-hybridized carbons (Fsp3) is 0.292. The molecule has 2 aromatic carbocycles. The van der Waals surface area contributed by atoms with Crippen molar-refractivity contribution in [2.45, 2.75) is 19.4 Å². The molecule has 32 heavy (non-hydrogen) atoms. The van der Waals surface area contributed by atoms with E-state index in [1.54, 1.807) is 18.3 Å². The molecule has 3 heterocycles. The maximum atomic E-state index is 13.0. The molecule has 164 valence electrons. The van der Waals surface area contributed by atoms with Gasteiger partial charge in [-0.1, -0.05) is 17.3 Å². The van der Waals surface area contributed by atoms with Crippen LogP contribution in [0.5, 0.6) is 5.75 Å². The van der Waals surface area contributed by atoms with E-state index in [0.717, 1.165) is 33.4 Å². The summed E-state index contributed by atoms with van der Waals surface area (Å²) in [6, 6.07) is 13.4. The third-order valence-corrected chi connectivity index (χ3v) is 5.64. The molecule has 1 aliphatic rings. The van der Waals surface area contributed by atoms with Crippen molar-refractivity contribution < 1.29 is 23.2 Å². The Balaban J connectivity index is 1.27. The molecule has 0 bridgehead atoms. The molecular formula is C24H23N3O5. The number of fused-ring (bicyclic) bond motifs is 1. The highest BCUT2D eigenvalue weighted by atomic mass is 16.5. The quantitative estimate of drug-likeness (QED) is 0.471. The number of aromatic nitrogens is 2. The van der Waals surface area contributed by atoms with Crippen LogP contribution in [-0.4, -0.2) is 47.8 Å². The zero-order valence-corrected chi connectivity index (χ0v) is 17.9. The Morgan fingerprint density at radius 1 is 1.22 bits per heavy atom. The molecule has 1 atom stereocenters. The van der Waals surface area contributed by atoms with Crippen LogP contribution in [0.25, 0.3) is 22.4 Å². The Labute approximate surface area is 184 Å². The Bertz CT molecular complexity index is 1240. The van der Waals surface area contributed by atoms with Crippen molar-refractivity contribution in [2.75, 3.05) is 26.8 Å². The van der Waals surface area contributed by atoms with Crippen LogP contribution in [-0.2, 0) is 16.0 Å². The first kappa shape index (κ1) is 20.3. The number of ether oxygens (including phenoxy) is 2. The average molecular weight is 433 g/mol. The minimum Gasteiger partial charge on any atom is -0.497 e. The van der Waals surface area contributed by atoms with E-state index in [2.05, 4.69) is 10.1 Å². The zero-order valence-electron chi connectivity index (χ0n) is 17.9. The summed E-state index contributed by atoms with van der Waals surface area (Å²) < 4.78 is 22.1. The molecule has 0 aliphatic carbocycles. The Kier molecular flexibility index (Phi) is 5.36. The number of rotatable bonds is 5. The summed E-state index contributed by atoms with van der Waals surface area (Å²) in [4.78, 5) is 19.2. The van der Waals surface area contributed by atoms with Crippen molar-refractivity contribution in [1.29, 1.82) is 0 Å². The van der Waals surface area contributed by atoms with Crippen molar-refractivity contribution >= 4 is 16.9 Å². The molecular weight excluding hydrogens is 410 g/mol. The first-order valence-corrected chi connectivity index (χ1v) is 10.4. The number of carbonyl (C=O) groups excluding carboxylic acids is 1. The molecule has 1 fully saturated rings. The van der Waals surface area contributed by atoms with Gasteiger partial charge in [-0.15, -0.1) is 0 Å². The number of nitrogens with zero attached hydrogens (tertiary/aromatic N) is 3. The number of benzene rings is 2. The fourth-order valence-corrected chi connectivity index (χ4v) is 3.85. The maximum Gasteiger partial charge on any atom is 0.257 e. The lowest BCUT2D eigenvalue weighted by molar-refractivity contribution is -0.139. The van der Waals surface area contributed by atoms with Crippen molar-refractivity contribution in [3.63, 3.8) is 0 Å². The molecule has 8 heteroatoms. The first-order chi connectivity index (χ1) is 15.6. The molecule has 1 amide bonds. The van der Waals surface area contributed by atoms with Gasteiger partial charge in [-0.25, -0.2) is 0 Å². The lowest BCUT2D eigenvalue weighted by atomic mass is 10.1. The minimum atomic E-state index is -0.462. The minimum absolute atomic E-state index is 0.0106. The summed E-state index contributed by atoms with van der Waals surface area (Å²) in [5.74, 6) is 1.59. The van der Waals surface area contributed by atoms with E-state index in [0.29, 0.717) is 31.4 Å². The molecule has 0 unspecified atom stereocenters. The maximum absolute atomic E-state index is 13.0. The van der Waals surface area contributed by atoms with E-state index < -0.39 is 6.10 Å². The Hall–Kier alpha value is -3.65. The highest BCUT2D eigenvalue weighted by Crippen LogP contribution is 2.27. The predicted molar refractivity (Wildman–Crippen MR) is 116 cm³/mol. The highest BCUT2D eigenvalue weighted by Gasteiger charge is 2.30. The number of furan rings is 1. The number of methoxy groups -OCH3 is 1. The van der Waals surface area contributed by atoms with Crippen LogP contribution in [0, 0.1) is 6.92 Å².